The van der Waals surface area contributed by atoms with Gasteiger partial charge in [0.1, 0.15) is 5.75 Å². The molecule has 0 bridgehead atoms. The van der Waals surface area contributed by atoms with Crippen LogP contribution < -0.4 is 10.5 Å². The predicted octanol–water partition coefficient (Wildman–Crippen LogP) is 4.07. The first-order chi connectivity index (χ1) is 9.92. The first kappa shape index (κ1) is 16.3. The van der Waals surface area contributed by atoms with Crippen LogP contribution in [0.5, 0.6) is 5.75 Å². The molecule has 21 heavy (non-hydrogen) atoms. The van der Waals surface area contributed by atoms with Crippen LogP contribution in [0.4, 0.5) is 0 Å². The van der Waals surface area contributed by atoms with Gasteiger partial charge in [0.05, 0.1) is 18.2 Å². The Balaban J connectivity index is 2.14. The Bertz CT molecular complexity index is 443. The van der Waals surface area contributed by atoms with Crippen molar-refractivity contribution in [2.24, 2.45) is 11.1 Å². The molecule has 0 saturated heterocycles. The van der Waals surface area contributed by atoms with Gasteiger partial charge in [-0.3, -0.25) is 0 Å². The van der Waals surface area contributed by atoms with Crippen LogP contribution in [0.3, 0.4) is 0 Å². The van der Waals surface area contributed by atoms with Gasteiger partial charge in [0, 0.05) is 7.11 Å². The topological polar surface area (TPSA) is 44.5 Å². The number of ether oxygens (including phenoxy) is 2. The molecule has 0 heterocycles. The van der Waals surface area contributed by atoms with Gasteiger partial charge in [-0.2, -0.15) is 0 Å². The summed E-state index contributed by atoms with van der Waals surface area (Å²) in [6.07, 6.45) is 4.35. The van der Waals surface area contributed by atoms with Crippen molar-refractivity contribution in [1.29, 1.82) is 0 Å². The highest BCUT2D eigenvalue weighted by molar-refractivity contribution is 5.30. The fourth-order valence-corrected chi connectivity index (χ4v) is 3.23. The van der Waals surface area contributed by atoms with Crippen molar-refractivity contribution in [3.05, 3.63) is 29.8 Å². The maximum absolute atomic E-state index is 6.56. The molecule has 1 aliphatic carbocycles. The smallest absolute Gasteiger partial charge is 0.119 e. The molecule has 3 nitrogen and oxygen atoms in total. The van der Waals surface area contributed by atoms with Crippen molar-refractivity contribution in [1.82, 2.24) is 0 Å². The summed E-state index contributed by atoms with van der Waals surface area (Å²) in [6, 6.07) is 8.03. The van der Waals surface area contributed by atoms with E-state index < -0.39 is 0 Å². The highest BCUT2D eigenvalue weighted by Gasteiger charge is 2.43. The van der Waals surface area contributed by atoms with Crippen molar-refractivity contribution in [3.63, 3.8) is 0 Å². The van der Waals surface area contributed by atoms with E-state index in [-0.39, 0.29) is 11.6 Å². The molecule has 0 radical (unpaired) electrons. The van der Waals surface area contributed by atoms with Crippen molar-refractivity contribution >= 4 is 0 Å². The van der Waals surface area contributed by atoms with E-state index in [2.05, 4.69) is 26.0 Å². The van der Waals surface area contributed by atoms with Crippen LogP contribution in [0.2, 0.25) is 0 Å². The summed E-state index contributed by atoms with van der Waals surface area (Å²) in [5.41, 5.74) is 7.86. The summed E-state index contributed by atoms with van der Waals surface area (Å²) in [5.74, 6) is 0.893. The van der Waals surface area contributed by atoms with Crippen LogP contribution in [0.1, 0.15) is 58.1 Å². The van der Waals surface area contributed by atoms with Gasteiger partial charge in [0.2, 0.25) is 0 Å². The van der Waals surface area contributed by atoms with Gasteiger partial charge in [-0.05, 0) is 55.7 Å². The summed E-state index contributed by atoms with van der Waals surface area (Å²) in [4.78, 5) is 0. The standard InChI is InChI=1S/C18H29NO2/c1-5-21-15-8-6-14(7-9-15)16(19)18(20-4)12-10-17(2,3)11-13-18/h6-9,16H,5,10-13,19H2,1-4H3. The molecule has 3 heteroatoms. The lowest BCUT2D eigenvalue weighted by atomic mass is 9.67. The number of rotatable bonds is 5. The molecule has 118 valence electrons. The molecule has 1 aromatic carbocycles. The van der Waals surface area contributed by atoms with Crippen molar-refractivity contribution in [2.75, 3.05) is 13.7 Å². The third kappa shape index (κ3) is 3.58. The van der Waals surface area contributed by atoms with Crippen molar-refractivity contribution in [2.45, 2.75) is 58.1 Å². The molecule has 1 unspecified atom stereocenters. The fraction of sp³-hybridized carbons (Fsp3) is 0.667. The predicted molar refractivity (Wildman–Crippen MR) is 86.5 cm³/mol. The minimum absolute atomic E-state index is 0.0886. The lowest BCUT2D eigenvalue weighted by Crippen LogP contribution is -2.47. The first-order valence-corrected chi connectivity index (χ1v) is 7.96. The molecule has 1 aliphatic rings. The van der Waals surface area contributed by atoms with Gasteiger partial charge in [0.25, 0.3) is 0 Å². The molecule has 0 amide bonds. The average Bonchev–Trinajstić information content (AvgIpc) is 2.48. The maximum Gasteiger partial charge on any atom is 0.119 e. The van der Waals surface area contributed by atoms with E-state index in [4.69, 9.17) is 15.2 Å². The van der Waals surface area contributed by atoms with Gasteiger partial charge in [-0.25, -0.2) is 0 Å². The Morgan fingerprint density at radius 3 is 2.14 bits per heavy atom. The number of benzene rings is 1. The molecule has 1 atom stereocenters. The summed E-state index contributed by atoms with van der Waals surface area (Å²) < 4.78 is 11.4. The van der Waals surface area contributed by atoms with E-state index in [1.54, 1.807) is 7.11 Å². The zero-order chi connectivity index (χ0) is 15.5. The van der Waals surface area contributed by atoms with Crippen LogP contribution in [-0.4, -0.2) is 19.3 Å². The quantitative estimate of drug-likeness (QED) is 0.889. The summed E-state index contributed by atoms with van der Waals surface area (Å²) in [7, 11) is 1.80. The highest BCUT2D eigenvalue weighted by atomic mass is 16.5. The van der Waals surface area contributed by atoms with Crippen LogP contribution in [0.15, 0.2) is 24.3 Å². The minimum Gasteiger partial charge on any atom is -0.494 e. The zero-order valence-corrected chi connectivity index (χ0v) is 13.8. The number of hydrogen-bond acceptors (Lipinski definition) is 3. The van der Waals surface area contributed by atoms with Gasteiger partial charge in [-0.1, -0.05) is 26.0 Å². The lowest BCUT2D eigenvalue weighted by Gasteiger charge is -2.46. The van der Waals surface area contributed by atoms with Crippen LogP contribution in [0, 0.1) is 5.41 Å². The Morgan fingerprint density at radius 1 is 1.10 bits per heavy atom. The molecule has 0 spiro atoms. The Kier molecular flexibility index (Phi) is 4.95. The number of nitrogens with two attached hydrogens (primary N) is 1. The SMILES string of the molecule is CCOc1ccc(C(N)C2(OC)CCC(C)(C)CC2)cc1. The largest absolute Gasteiger partial charge is 0.494 e. The molecular formula is C18H29NO2. The van der Waals surface area contributed by atoms with Crippen LogP contribution in [-0.2, 0) is 4.74 Å². The second kappa shape index (κ2) is 6.37. The molecular weight excluding hydrogens is 262 g/mol. The second-order valence-electron chi connectivity index (χ2n) is 6.91. The highest BCUT2D eigenvalue weighted by Crippen LogP contribution is 2.46. The van der Waals surface area contributed by atoms with E-state index in [1.807, 2.05) is 19.1 Å². The van der Waals surface area contributed by atoms with Gasteiger partial charge in [0.15, 0.2) is 0 Å². The molecule has 1 saturated carbocycles. The van der Waals surface area contributed by atoms with Gasteiger partial charge in [-0.15, -0.1) is 0 Å². The second-order valence-corrected chi connectivity index (χ2v) is 6.91. The number of methoxy groups -OCH3 is 1. The third-order valence-corrected chi connectivity index (χ3v) is 4.97. The molecule has 1 aromatic rings. The first-order valence-electron chi connectivity index (χ1n) is 7.96. The van der Waals surface area contributed by atoms with Crippen molar-refractivity contribution < 1.29 is 9.47 Å². The van der Waals surface area contributed by atoms with E-state index in [0.717, 1.165) is 37.0 Å². The molecule has 0 aromatic heterocycles. The third-order valence-electron chi connectivity index (χ3n) is 4.97. The van der Waals surface area contributed by atoms with Gasteiger partial charge >= 0.3 is 0 Å². The monoisotopic (exact) mass is 291 g/mol. The van der Waals surface area contributed by atoms with Crippen LogP contribution in [0.25, 0.3) is 0 Å². The molecule has 0 aliphatic heterocycles. The Labute approximate surface area is 128 Å². The lowest BCUT2D eigenvalue weighted by molar-refractivity contribution is -0.0794. The number of hydrogen-bond donors (Lipinski definition) is 1. The maximum atomic E-state index is 6.56. The fourth-order valence-electron chi connectivity index (χ4n) is 3.23. The summed E-state index contributed by atoms with van der Waals surface area (Å²) >= 11 is 0. The Hall–Kier alpha value is -1.06. The van der Waals surface area contributed by atoms with E-state index in [1.165, 1.54) is 0 Å². The summed E-state index contributed by atoms with van der Waals surface area (Å²) in [5, 5.41) is 0. The van der Waals surface area contributed by atoms with E-state index in [9.17, 15) is 0 Å². The molecule has 1 fully saturated rings. The zero-order valence-electron chi connectivity index (χ0n) is 13.8. The summed E-state index contributed by atoms with van der Waals surface area (Å²) in [6.45, 7) is 7.33. The normalized spacial score (nSPS) is 21.8. The Morgan fingerprint density at radius 2 is 1.67 bits per heavy atom. The van der Waals surface area contributed by atoms with E-state index in [0.29, 0.717) is 12.0 Å². The minimum atomic E-state index is -0.233. The van der Waals surface area contributed by atoms with E-state index >= 15 is 0 Å². The molecule has 2 N–H and O–H groups in total. The van der Waals surface area contributed by atoms with Crippen LogP contribution >= 0.6 is 0 Å². The van der Waals surface area contributed by atoms with Crippen molar-refractivity contribution in [3.8, 4) is 5.75 Å². The average molecular weight is 291 g/mol. The molecule has 2 rings (SSSR count). The van der Waals surface area contributed by atoms with Gasteiger partial charge < -0.3 is 15.2 Å².